The zero-order chi connectivity index (χ0) is 15.2. The summed E-state index contributed by atoms with van der Waals surface area (Å²) in [4.78, 5) is 12.0. The smallest absolute Gasteiger partial charge is 0.387 e. The number of benzene rings is 1. The number of nitrogens with one attached hydrogen (secondary N) is 1. The molecule has 0 spiro atoms. The topological polar surface area (TPSA) is 38.3 Å². The van der Waals surface area contributed by atoms with Gasteiger partial charge in [0.2, 0.25) is 0 Å². The third kappa shape index (κ3) is 5.33. The standard InChI is InChI=1S/C14H18ClF2NO2/c1-14(2,7-8-15)9-18-12(19)10-5-3-4-6-11(10)20-13(16)17/h3-6,13H,7-9H2,1-2H3,(H,18,19). The normalized spacial score (nSPS) is 11.5. The molecule has 1 N–H and O–H groups in total. The molecule has 0 saturated carbocycles. The van der Waals surface area contributed by atoms with Gasteiger partial charge in [0.1, 0.15) is 5.75 Å². The number of para-hydroxylation sites is 1. The molecule has 0 saturated heterocycles. The van der Waals surface area contributed by atoms with Gasteiger partial charge in [0.25, 0.3) is 5.91 Å². The van der Waals surface area contributed by atoms with Crippen molar-refractivity contribution < 1.29 is 18.3 Å². The van der Waals surface area contributed by atoms with Crippen molar-refractivity contribution in [3.63, 3.8) is 0 Å². The molecule has 0 atom stereocenters. The Morgan fingerprint density at radius 2 is 2.05 bits per heavy atom. The van der Waals surface area contributed by atoms with E-state index in [1.807, 2.05) is 13.8 Å². The first-order valence-electron chi connectivity index (χ1n) is 6.24. The van der Waals surface area contributed by atoms with E-state index >= 15 is 0 Å². The lowest BCUT2D eigenvalue weighted by molar-refractivity contribution is -0.0501. The van der Waals surface area contributed by atoms with Crippen LogP contribution < -0.4 is 10.1 Å². The second kappa shape index (κ2) is 7.43. The van der Waals surface area contributed by atoms with Gasteiger partial charge < -0.3 is 10.1 Å². The molecule has 1 amide bonds. The van der Waals surface area contributed by atoms with Gasteiger partial charge in [-0.15, -0.1) is 11.6 Å². The summed E-state index contributed by atoms with van der Waals surface area (Å²) in [7, 11) is 0. The molecule has 0 unspecified atom stereocenters. The summed E-state index contributed by atoms with van der Waals surface area (Å²) in [6, 6.07) is 5.91. The van der Waals surface area contributed by atoms with Gasteiger partial charge in [0, 0.05) is 12.4 Å². The fraction of sp³-hybridized carbons (Fsp3) is 0.500. The summed E-state index contributed by atoms with van der Waals surface area (Å²) < 4.78 is 28.9. The van der Waals surface area contributed by atoms with E-state index in [1.165, 1.54) is 18.2 Å². The minimum Gasteiger partial charge on any atom is -0.434 e. The van der Waals surface area contributed by atoms with E-state index in [9.17, 15) is 13.6 Å². The van der Waals surface area contributed by atoms with E-state index in [4.69, 9.17) is 11.6 Å². The van der Waals surface area contributed by atoms with Crippen LogP contribution in [0.3, 0.4) is 0 Å². The lowest BCUT2D eigenvalue weighted by atomic mass is 9.90. The first kappa shape index (κ1) is 16.7. The van der Waals surface area contributed by atoms with Crippen LogP contribution in [0.5, 0.6) is 5.75 Å². The molecule has 1 aromatic carbocycles. The Morgan fingerprint density at radius 3 is 2.65 bits per heavy atom. The van der Waals surface area contributed by atoms with Crippen molar-refractivity contribution >= 4 is 17.5 Å². The lowest BCUT2D eigenvalue weighted by Gasteiger charge is -2.24. The largest absolute Gasteiger partial charge is 0.434 e. The highest BCUT2D eigenvalue weighted by Gasteiger charge is 2.20. The maximum Gasteiger partial charge on any atom is 0.387 e. The monoisotopic (exact) mass is 305 g/mol. The first-order chi connectivity index (χ1) is 9.35. The molecule has 1 aromatic rings. The summed E-state index contributed by atoms with van der Waals surface area (Å²) in [5, 5.41) is 2.72. The predicted octanol–water partition coefficient (Wildman–Crippen LogP) is 3.67. The minimum absolute atomic E-state index is 0.0921. The molecule has 0 fully saturated rings. The van der Waals surface area contributed by atoms with Gasteiger partial charge in [-0.2, -0.15) is 8.78 Å². The zero-order valence-corrected chi connectivity index (χ0v) is 12.2. The van der Waals surface area contributed by atoms with Gasteiger partial charge in [0.15, 0.2) is 0 Å². The zero-order valence-electron chi connectivity index (χ0n) is 11.5. The molecule has 0 aliphatic heterocycles. The molecule has 20 heavy (non-hydrogen) atoms. The summed E-state index contributed by atoms with van der Waals surface area (Å²) >= 11 is 5.68. The quantitative estimate of drug-likeness (QED) is 0.781. The number of carbonyl (C=O) groups excluding carboxylic acids is 1. The van der Waals surface area contributed by atoms with E-state index in [0.717, 1.165) is 6.42 Å². The van der Waals surface area contributed by atoms with Crippen LogP contribution in [0.4, 0.5) is 8.78 Å². The van der Waals surface area contributed by atoms with E-state index < -0.39 is 12.5 Å². The van der Waals surface area contributed by atoms with E-state index in [-0.39, 0.29) is 16.7 Å². The van der Waals surface area contributed by atoms with Crippen LogP contribution in [0.2, 0.25) is 0 Å². The van der Waals surface area contributed by atoms with Crippen molar-refractivity contribution in [3.8, 4) is 5.75 Å². The summed E-state index contributed by atoms with van der Waals surface area (Å²) in [6.07, 6.45) is 0.740. The highest BCUT2D eigenvalue weighted by Crippen LogP contribution is 2.22. The number of carbonyl (C=O) groups is 1. The Balaban J connectivity index is 2.73. The van der Waals surface area contributed by atoms with Crippen LogP contribution in [-0.4, -0.2) is 24.9 Å². The van der Waals surface area contributed by atoms with Gasteiger partial charge in [0.05, 0.1) is 5.56 Å². The van der Waals surface area contributed by atoms with Crippen molar-refractivity contribution in [2.75, 3.05) is 12.4 Å². The van der Waals surface area contributed by atoms with E-state index in [2.05, 4.69) is 10.1 Å². The summed E-state index contributed by atoms with van der Waals surface area (Å²) in [6.45, 7) is 1.38. The summed E-state index contributed by atoms with van der Waals surface area (Å²) in [5.74, 6) is -0.0763. The van der Waals surface area contributed by atoms with E-state index in [0.29, 0.717) is 12.4 Å². The predicted molar refractivity (Wildman–Crippen MR) is 74.5 cm³/mol. The Hall–Kier alpha value is -1.36. The molecular formula is C14H18ClF2NO2. The highest BCUT2D eigenvalue weighted by molar-refractivity contribution is 6.17. The molecule has 0 bridgehead atoms. The number of hydrogen-bond acceptors (Lipinski definition) is 2. The highest BCUT2D eigenvalue weighted by atomic mass is 35.5. The van der Waals surface area contributed by atoms with Crippen LogP contribution >= 0.6 is 11.6 Å². The van der Waals surface area contributed by atoms with Gasteiger partial charge in [-0.1, -0.05) is 26.0 Å². The van der Waals surface area contributed by atoms with Crippen LogP contribution in [0.25, 0.3) is 0 Å². The second-order valence-electron chi connectivity index (χ2n) is 5.16. The minimum atomic E-state index is -2.96. The fourth-order valence-corrected chi connectivity index (χ4v) is 2.12. The maximum atomic E-state index is 12.3. The van der Waals surface area contributed by atoms with E-state index in [1.54, 1.807) is 6.07 Å². The number of rotatable bonds is 7. The molecule has 0 aliphatic carbocycles. The van der Waals surface area contributed by atoms with Gasteiger partial charge in [-0.05, 0) is 24.0 Å². The Labute approximate surface area is 122 Å². The van der Waals surface area contributed by atoms with Crippen LogP contribution in [0.1, 0.15) is 30.6 Å². The van der Waals surface area contributed by atoms with Crippen molar-refractivity contribution in [2.45, 2.75) is 26.9 Å². The van der Waals surface area contributed by atoms with Crippen molar-refractivity contribution in [1.29, 1.82) is 0 Å². The third-order valence-corrected chi connectivity index (χ3v) is 3.04. The first-order valence-corrected chi connectivity index (χ1v) is 6.77. The van der Waals surface area contributed by atoms with Crippen LogP contribution in [0, 0.1) is 5.41 Å². The molecule has 6 heteroatoms. The SMILES string of the molecule is CC(C)(CCCl)CNC(=O)c1ccccc1OC(F)F. The maximum absolute atomic E-state index is 12.3. The van der Waals surface area contributed by atoms with Crippen LogP contribution in [0.15, 0.2) is 24.3 Å². The average molecular weight is 306 g/mol. The van der Waals surface area contributed by atoms with Crippen molar-refractivity contribution in [3.05, 3.63) is 29.8 Å². The Bertz CT molecular complexity index is 453. The number of alkyl halides is 3. The number of hydrogen-bond donors (Lipinski definition) is 1. The number of ether oxygens (including phenoxy) is 1. The van der Waals surface area contributed by atoms with Crippen molar-refractivity contribution in [1.82, 2.24) is 5.32 Å². The second-order valence-corrected chi connectivity index (χ2v) is 5.54. The Morgan fingerprint density at radius 1 is 1.40 bits per heavy atom. The van der Waals surface area contributed by atoms with Crippen LogP contribution in [-0.2, 0) is 0 Å². The van der Waals surface area contributed by atoms with Gasteiger partial charge in [-0.3, -0.25) is 4.79 Å². The molecular weight excluding hydrogens is 288 g/mol. The fourth-order valence-electron chi connectivity index (χ4n) is 1.61. The number of halogens is 3. The Kier molecular flexibility index (Phi) is 6.20. The summed E-state index contributed by atoms with van der Waals surface area (Å²) in [5.41, 5.74) is -0.0647. The molecule has 3 nitrogen and oxygen atoms in total. The molecule has 112 valence electrons. The lowest BCUT2D eigenvalue weighted by Crippen LogP contribution is -2.34. The number of amides is 1. The molecule has 1 rings (SSSR count). The molecule has 0 radical (unpaired) electrons. The van der Waals surface area contributed by atoms with Gasteiger partial charge in [-0.25, -0.2) is 0 Å². The molecule has 0 heterocycles. The molecule has 0 aliphatic rings. The average Bonchev–Trinajstić information content (AvgIpc) is 2.36. The van der Waals surface area contributed by atoms with Gasteiger partial charge >= 0.3 is 6.61 Å². The third-order valence-electron chi connectivity index (χ3n) is 2.85. The molecule has 0 aromatic heterocycles. The van der Waals surface area contributed by atoms with Crippen molar-refractivity contribution in [2.24, 2.45) is 5.41 Å².